The summed E-state index contributed by atoms with van der Waals surface area (Å²) in [5.74, 6) is -0.316. The Morgan fingerprint density at radius 1 is 1.21 bits per heavy atom. The van der Waals surface area contributed by atoms with E-state index >= 15 is 0 Å². The molecule has 0 unspecified atom stereocenters. The maximum Gasteiger partial charge on any atom is 0.146 e. The largest absolute Gasteiger partial charge is 0.338 e. The first-order chi connectivity index (χ1) is 9.17. The summed E-state index contributed by atoms with van der Waals surface area (Å²) >= 11 is 5.88. The summed E-state index contributed by atoms with van der Waals surface area (Å²) in [6.07, 6.45) is 0. The van der Waals surface area contributed by atoms with Crippen LogP contribution in [0.1, 0.15) is 12.5 Å². The fraction of sp³-hybridized carbons (Fsp3) is 0.133. The highest BCUT2D eigenvalue weighted by Gasteiger charge is 2.15. The van der Waals surface area contributed by atoms with Crippen molar-refractivity contribution in [1.82, 2.24) is 0 Å². The Balaban J connectivity index is 2.55. The topological polar surface area (TPSA) is 27.0 Å². The fourth-order valence-corrected chi connectivity index (χ4v) is 2.15. The maximum absolute atomic E-state index is 13.9. The van der Waals surface area contributed by atoms with Gasteiger partial charge in [0.05, 0.1) is 16.9 Å². The zero-order chi connectivity index (χ0) is 13.8. The minimum Gasteiger partial charge on any atom is -0.338 e. The fourth-order valence-electron chi connectivity index (χ4n) is 1.97. The van der Waals surface area contributed by atoms with Crippen LogP contribution in [-0.4, -0.2) is 6.54 Å². The monoisotopic (exact) mass is 274 g/mol. The molecule has 19 heavy (non-hydrogen) atoms. The van der Waals surface area contributed by atoms with Crippen LogP contribution in [0.25, 0.3) is 0 Å². The summed E-state index contributed by atoms with van der Waals surface area (Å²) in [5.41, 5.74) is 1.53. The summed E-state index contributed by atoms with van der Waals surface area (Å²) in [7, 11) is 0. The van der Waals surface area contributed by atoms with Gasteiger partial charge in [-0.3, -0.25) is 0 Å². The Hall–Kier alpha value is -2.05. The van der Waals surface area contributed by atoms with Crippen LogP contribution in [-0.2, 0) is 0 Å². The molecule has 0 bridgehead atoms. The van der Waals surface area contributed by atoms with Crippen LogP contribution >= 0.6 is 11.6 Å². The van der Waals surface area contributed by atoms with Crippen molar-refractivity contribution < 1.29 is 4.39 Å². The number of para-hydroxylation sites is 1. The van der Waals surface area contributed by atoms with Crippen LogP contribution in [0.3, 0.4) is 0 Å². The average Bonchev–Trinajstić information content (AvgIpc) is 2.43. The molecule has 4 heteroatoms. The van der Waals surface area contributed by atoms with Crippen molar-refractivity contribution >= 4 is 23.0 Å². The van der Waals surface area contributed by atoms with Gasteiger partial charge in [-0.25, -0.2) is 4.39 Å². The first-order valence-electron chi connectivity index (χ1n) is 5.89. The third-order valence-electron chi connectivity index (χ3n) is 2.83. The van der Waals surface area contributed by atoms with Crippen molar-refractivity contribution in [2.75, 3.05) is 11.4 Å². The number of halogens is 2. The predicted octanol–water partition coefficient (Wildman–Crippen LogP) is 4.51. The van der Waals surface area contributed by atoms with Gasteiger partial charge in [0.25, 0.3) is 0 Å². The lowest BCUT2D eigenvalue weighted by Crippen LogP contribution is -2.18. The lowest BCUT2D eigenvalue weighted by molar-refractivity contribution is 0.625. The number of anilines is 2. The van der Waals surface area contributed by atoms with E-state index in [0.717, 1.165) is 0 Å². The molecule has 0 fully saturated rings. The normalized spacial score (nSPS) is 10.0. The maximum atomic E-state index is 13.9. The molecule has 0 atom stereocenters. The van der Waals surface area contributed by atoms with Crippen LogP contribution < -0.4 is 4.90 Å². The predicted molar refractivity (Wildman–Crippen MR) is 75.2 cm³/mol. The Morgan fingerprint density at radius 2 is 1.95 bits per heavy atom. The molecule has 0 N–H and O–H groups in total. The summed E-state index contributed by atoms with van der Waals surface area (Å²) in [4.78, 5) is 1.75. The van der Waals surface area contributed by atoms with Gasteiger partial charge in [0, 0.05) is 11.6 Å². The standard InChI is InChI=1S/C15H12ClFN2/c1-2-19(15-6-4-3-5-13(15)17)14-8-7-12(16)9-11(14)10-18/h3-9H,2H2,1H3. The van der Waals surface area contributed by atoms with E-state index in [0.29, 0.717) is 28.5 Å². The van der Waals surface area contributed by atoms with E-state index < -0.39 is 0 Å². The molecular formula is C15H12ClFN2. The van der Waals surface area contributed by atoms with Crippen molar-refractivity contribution in [3.05, 3.63) is 58.9 Å². The van der Waals surface area contributed by atoms with Crippen molar-refractivity contribution in [2.24, 2.45) is 0 Å². The third kappa shape index (κ3) is 2.69. The lowest BCUT2D eigenvalue weighted by atomic mass is 10.1. The Labute approximate surface area is 116 Å². The summed E-state index contributed by atoms with van der Waals surface area (Å²) in [6, 6.07) is 13.6. The van der Waals surface area contributed by atoms with Crippen LogP contribution in [0.15, 0.2) is 42.5 Å². The minimum absolute atomic E-state index is 0.316. The van der Waals surface area contributed by atoms with E-state index in [1.165, 1.54) is 6.07 Å². The molecule has 2 nitrogen and oxygen atoms in total. The number of nitrogens with zero attached hydrogens (tertiary/aromatic N) is 2. The number of hydrogen-bond donors (Lipinski definition) is 0. The molecule has 96 valence electrons. The molecule has 2 aromatic rings. The van der Waals surface area contributed by atoms with Crippen molar-refractivity contribution in [1.29, 1.82) is 5.26 Å². The van der Waals surface area contributed by atoms with E-state index in [2.05, 4.69) is 6.07 Å². The quantitative estimate of drug-likeness (QED) is 0.823. The van der Waals surface area contributed by atoms with Crippen LogP contribution in [0.2, 0.25) is 5.02 Å². The molecule has 0 saturated carbocycles. The molecule has 0 heterocycles. The van der Waals surface area contributed by atoms with Crippen molar-refractivity contribution in [3.8, 4) is 6.07 Å². The molecule has 0 radical (unpaired) electrons. The lowest BCUT2D eigenvalue weighted by Gasteiger charge is -2.24. The summed E-state index contributed by atoms with van der Waals surface area (Å²) in [5, 5.41) is 9.67. The van der Waals surface area contributed by atoms with E-state index in [1.54, 1.807) is 41.3 Å². The first kappa shape index (κ1) is 13.4. The summed E-state index contributed by atoms with van der Waals surface area (Å²) in [6.45, 7) is 2.46. The van der Waals surface area contributed by atoms with Gasteiger partial charge in [0.2, 0.25) is 0 Å². The van der Waals surface area contributed by atoms with Crippen LogP contribution in [0.5, 0.6) is 0 Å². The highest BCUT2D eigenvalue weighted by Crippen LogP contribution is 2.31. The van der Waals surface area contributed by atoms with Crippen molar-refractivity contribution in [3.63, 3.8) is 0 Å². The zero-order valence-corrected chi connectivity index (χ0v) is 11.2. The first-order valence-corrected chi connectivity index (χ1v) is 6.27. The SMILES string of the molecule is CCN(c1ccccc1F)c1ccc(Cl)cc1C#N. The highest BCUT2D eigenvalue weighted by atomic mass is 35.5. The third-order valence-corrected chi connectivity index (χ3v) is 3.06. The second-order valence-electron chi connectivity index (χ2n) is 3.97. The number of hydrogen-bond acceptors (Lipinski definition) is 2. The molecule has 0 aliphatic carbocycles. The van der Waals surface area contributed by atoms with Gasteiger partial charge in [-0.05, 0) is 37.3 Å². The minimum atomic E-state index is -0.316. The molecule has 2 rings (SSSR count). The Morgan fingerprint density at radius 3 is 2.58 bits per heavy atom. The van der Waals surface area contributed by atoms with Gasteiger partial charge < -0.3 is 4.90 Å². The molecular weight excluding hydrogens is 263 g/mol. The molecule has 0 spiro atoms. The van der Waals surface area contributed by atoms with E-state index in [1.807, 2.05) is 6.92 Å². The molecule has 0 aromatic heterocycles. The van der Waals surface area contributed by atoms with E-state index in [4.69, 9.17) is 11.6 Å². The zero-order valence-electron chi connectivity index (χ0n) is 10.4. The van der Waals surface area contributed by atoms with Crippen LogP contribution in [0, 0.1) is 17.1 Å². The number of nitriles is 1. The summed E-state index contributed by atoms with van der Waals surface area (Å²) < 4.78 is 13.9. The highest BCUT2D eigenvalue weighted by molar-refractivity contribution is 6.30. The molecule has 2 aromatic carbocycles. The average molecular weight is 275 g/mol. The second kappa shape index (κ2) is 5.73. The van der Waals surface area contributed by atoms with Gasteiger partial charge in [0.15, 0.2) is 0 Å². The smallest absolute Gasteiger partial charge is 0.146 e. The van der Waals surface area contributed by atoms with Gasteiger partial charge in [-0.15, -0.1) is 0 Å². The van der Waals surface area contributed by atoms with Crippen LogP contribution in [0.4, 0.5) is 15.8 Å². The molecule has 0 aliphatic heterocycles. The van der Waals surface area contributed by atoms with E-state index in [9.17, 15) is 9.65 Å². The Kier molecular flexibility index (Phi) is 4.03. The Bertz CT molecular complexity index is 634. The van der Waals surface area contributed by atoms with Crippen molar-refractivity contribution in [2.45, 2.75) is 6.92 Å². The molecule has 0 saturated heterocycles. The molecule has 0 aliphatic rings. The van der Waals surface area contributed by atoms with Gasteiger partial charge >= 0.3 is 0 Å². The van der Waals surface area contributed by atoms with Gasteiger partial charge in [0.1, 0.15) is 11.9 Å². The van der Waals surface area contributed by atoms with Gasteiger partial charge in [-0.1, -0.05) is 23.7 Å². The van der Waals surface area contributed by atoms with Gasteiger partial charge in [-0.2, -0.15) is 5.26 Å². The number of rotatable bonds is 3. The molecule has 0 amide bonds. The second-order valence-corrected chi connectivity index (χ2v) is 4.41. The number of benzene rings is 2. The van der Waals surface area contributed by atoms with E-state index in [-0.39, 0.29) is 5.82 Å².